The maximum atomic E-state index is 6.25. The molecule has 0 saturated heterocycles. The summed E-state index contributed by atoms with van der Waals surface area (Å²) in [6, 6.07) is 13.2. The third-order valence-electron chi connectivity index (χ3n) is 3.26. The number of anilines is 1. The normalized spacial score (nSPS) is 10.8. The van der Waals surface area contributed by atoms with Crippen LogP contribution in [0.25, 0.3) is 22.4 Å². The second-order valence-corrected chi connectivity index (χ2v) is 5.55. The fourth-order valence-electron chi connectivity index (χ4n) is 2.20. The van der Waals surface area contributed by atoms with Crippen molar-refractivity contribution in [3.63, 3.8) is 0 Å². The minimum atomic E-state index is 0.241. The Morgan fingerprint density at radius 3 is 2.19 bits per heavy atom. The zero-order valence-corrected chi connectivity index (χ0v) is 12.7. The number of aryl methyl sites for hydroxylation is 1. The first-order chi connectivity index (χ1) is 10.1. The minimum absolute atomic E-state index is 0.241. The highest BCUT2D eigenvalue weighted by atomic mass is 35.5. The van der Waals surface area contributed by atoms with Gasteiger partial charge in [0.1, 0.15) is 5.69 Å². The van der Waals surface area contributed by atoms with Crippen LogP contribution < -0.4 is 5.73 Å². The molecule has 0 unspecified atom stereocenters. The van der Waals surface area contributed by atoms with E-state index in [1.807, 2.05) is 31.2 Å². The van der Waals surface area contributed by atoms with Gasteiger partial charge in [0, 0.05) is 5.56 Å². The Morgan fingerprint density at radius 2 is 1.57 bits per heavy atom. The fraction of sp³-hybridized carbons (Fsp3) is 0.0625. The van der Waals surface area contributed by atoms with E-state index in [1.54, 1.807) is 18.2 Å². The Kier molecular flexibility index (Phi) is 3.62. The quantitative estimate of drug-likeness (QED) is 0.706. The highest BCUT2D eigenvalue weighted by Gasteiger charge is 2.21. The molecule has 1 aromatic heterocycles. The first-order valence-electron chi connectivity index (χ1n) is 6.34. The lowest BCUT2D eigenvalue weighted by Crippen LogP contribution is -1.89. The van der Waals surface area contributed by atoms with Gasteiger partial charge in [0.15, 0.2) is 0 Å². The van der Waals surface area contributed by atoms with Crippen molar-refractivity contribution >= 4 is 29.1 Å². The number of rotatable bonds is 2. The van der Waals surface area contributed by atoms with E-state index in [-0.39, 0.29) is 5.88 Å². The number of benzene rings is 2. The van der Waals surface area contributed by atoms with Crippen LogP contribution in [0, 0.1) is 6.92 Å². The summed E-state index contributed by atoms with van der Waals surface area (Å²) in [5, 5.41) is 5.05. The molecular formula is C16H12Cl2N2O. The minimum Gasteiger partial charge on any atom is -0.367 e. The molecule has 3 aromatic rings. The molecule has 2 N–H and O–H groups in total. The standard InChI is InChI=1S/C16H12Cl2N2O/c1-9-5-7-10(8-6-9)13-15(20-21-16(13)19)14-11(17)3-2-4-12(14)18/h2-8H,19H2,1H3. The van der Waals surface area contributed by atoms with Crippen molar-refractivity contribution in [3.8, 4) is 22.4 Å². The van der Waals surface area contributed by atoms with Crippen molar-refractivity contribution in [1.29, 1.82) is 0 Å². The molecule has 1 heterocycles. The van der Waals surface area contributed by atoms with Gasteiger partial charge in [0.2, 0.25) is 5.88 Å². The molecule has 0 aliphatic heterocycles. The van der Waals surface area contributed by atoms with Crippen LogP contribution in [0.15, 0.2) is 47.0 Å². The number of nitrogen functional groups attached to an aromatic ring is 1. The van der Waals surface area contributed by atoms with Crippen molar-refractivity contribution in [3.05, 3.63) is 58.1 Å². The second-order valence-electron chi connectivity index (χ2n) is 4.73. The number of aromatic nitrogens is 1. The van der Waals surface area contributed by atoms with Gasteiger partial charge in [-0.25, -0.2) is 0 Å². The molecule has 3 nitrogen and oxygen atoms in total. The Balaban J connectivity index is 2.24. The number of nitrogens with two attached hydrogens (primary N) is 1. The number of halogens is 2. The third-order valence-corrected chi connectivity index (χ3v) is 3.89. The molecular weight excluding hydrogens is 307 g/mol. The molecule has 0 amide bonds. The molecule has 0 saturated carbocycles. The van der Waals surface area contributed by atoms with E-state index in [4.69, 9.17) is 33.5 Å². The molecule has 0 fully saturated rings. The van der Waals surface area contributed by atoms with Gasteiger partial charge >= 0.3 is 0 Å². The summed E-state index contributed by atoms with van der Waals surface area (Å²) in [5.41, 5.74) is 9.87. The van der Waals surface area contributed by atoms with Gasteiger partial charge in [-0.05, 0) is 24.6 Å². The summed E-state index contributed by atoms with van der Waals surface area (Å²) in [7, 11) is 0. The summed E-state index contributed by atoms with van der Waals surface area (Å²) in [6.07, 6.45) is 0. The van der Waals surface area contributed by atoms with E-state index in [0.717, 1.165) is 11.1 Å². The van der Waals surface area contributed by atoms with E-state index in [0.29, 0.717) is 26.9 Å². The van der Waals surface area contributed by atoms with Crippen LogP contribution >= 0.6 is 23.2 Å². The summed E-state index contributed by atoms with van der Waals surface area (Å²) in [4.78, 5) is 0. The molecule has 5 heteroatoms. The van der Waals surface area contributed by atoms with Crippen LogP contribution in [-0.4, -0.2) is 5.16 Å². The summed E-state index contributed by atoms with van der Waals surface area (Å²) in [6.45, 7) is 2.02. The van der Waals surface area contributed by atoms with Crippen molar-refractivity contribution in [2.45, 2.75) is 6.92 Å². The second kappa shape index (κ2) is 5.43. The van der Waals surface area contributed by atoms with Crippen molar-refractivity contribution in [2.24, 2.45) is 0 Å². The molecule has 0 aliphatic rings. The molecule has 106 valence electrons. The molecule has 21 heavy (non-hydrogen) atoms. The Labute approximate surface area is 132 Å². The van der Waals surface area contributed by atoms with Gasteiger partial charge in [0.05, 0.1) is 15.6 Å². The first kappa shape index (κ1) is 14.0. The van der Waals surface area contributed by atoms with E-state index >= 15 is 0 Å². The lowest BCUT2D eigenvalue weighted by atomic mass is 10.00. The van der Waals surface area contributed by atoms with Crippen molar-refractivity contribution < 1.29 is 4.52 Å². The van der Waals surface area contributed by atoms with Crippen molar-refractivity contribution in [2.75, 3.05) is 5.73 Å². The fourth-order valence-corrected chi connectivity index (χ4v) is 2.77. The topological polar surface area (TPSA) is 52.0 Å². The molecule has 2 aromatic carbocycles. The molecule has 0 radical (unpaired) electrons. The van der Waals surface area contributed by atoms with Crippen LogP contribution in [0.1, 0.15) is 5.56 Å². The first-order valence-corrected chi connectivity index (χ1v) is 7.10. The smallest absolute Gasteiger partial charge is 0.230 e. The van der Waals surface area contributed by atoms with E-state index < -0.39 is 0 Å². The lowest BCUT2D eigenvalue weighted by molar-refractivity contribution is 0.439. The Morgan fingerprint density at radius 1 is 0.952 bits per heavy atom. The number of hydrogen-bond acceptors (Lipinski definition) is 3. The van der Waals surface area contributed by atoms with Crippen molar-refractivity contribution in [1.82, 2.24) is 5.16 Å². The predicted molar refractivity (Wildman–Crippen MR) is 86.5 cm³/mol. The highest BCUT2D eigenvalue weighted by molar-refractivity contribution is 6.39. The third kappa shape index (κ3) is 2.50. The summed E-state index contributed by atoms with van der Waals surface area (Å²) in [5.74, 6) is 0.241. The van der Waals surface area contributed by atoms with Crippen LogP contribution in [0.3, 0.4) is 0 Å². The molecule has 0 spiro atoms. The average molecular weight is 319 g/mol. The molecule has 0 aliphatic carbocycles. The molecule has 0 atom stereocenters. The molecule has 0 bridgehead atoms. The van der Waals surface area contributed by atoms with Gasteiger partial charge in [-0.1, -0.05) is 64.3 Å². The highest BCUT2D eigenvalue weighted by Crippen LogP contribution is 2.42. The summed E-state index contributed by atoms with van der Waals surface area (Å²) < 4.78 is 5.16. The predicted octanol–water partition coefficient (Wildman–Crippen LogP) is 5.21. The van der Waals surface area contributed by atoms with Gasteiger partial charge in [-0.2, -0.15) is 0 Å². The van der Waals surface area contributed by atoms with Crippen LogP contribution in [0.5, 0.6) is 0 Å². The van der Waals surface area contributed by atoms with Gasteiger partial charge in [-0.3, -0.25) is 0 Å². The molecule has 3 rings (SSSR count). The summed E-state index contributed by atoms with van der Waals surface area (Å²) >= 11 is 12.5. The van der Waals surface area contributed by atoms with E-state index in [1.165, 1.54) is 0 Å². The zero-order chi connectivity index (χ0) is 15.0. The van der Waals surface area contributed by atoms with E-state index in [9.17, 15) is 0 Å². The Hall–Kier alpha value is -1.97. The maximum Gasteiger partial charge on any atom is 0.230 e. The average Bonchev–Trinajstić information content (AvgIpc) is 2.82. The zero-order valence-electron chi connectivity index (χ0n) is 11.2. The largest absolute Gasteiger partial charge is 0.367 e. The van der Waals surface area contributed by atoms with Gasteiger partial charge < -0.3 is 10.3 Å². The number of nitrogens with zero attached hydrogens (tertiary/aromatic N) is 1. The van der Waals surface area contributed by atoms with E-state index in [2.05, 4.69) is 5.16 Å². The van der Waals surface area contributed by atoms with Crippen LogP contribution in [0.2, 0.25) is 10.0 Å². The van der Waals surface area contributed by atoms with Gasteiger partial charge in [0.25, 0.3) is 0 Å². The Bertz CT molecular complexity index is 774. The monoisotopic (exact) mass is 318 g/mol. The SMILES string of the molecule is Cc1ccc(-c2c(-c3c(Cl)cccc3Cl)noc2N)cc1. The maximum absolute atomic E-state index is 6.25. The van der Waals surface area contributed by atoms with Gasteiger partial charge in [-0.15, -0.1) is 0 Å². The van der Waals surface area contributed by atoms with Crippen LogP contribution in [0.4, 0.5) is 5.88 Å². The lowest BCUT2D eigenvalue weighted by Gasteiger charge is -2.07. The number of hydrogen-bond donors (Lipinski definition) is 1. The van der Waals surface area contributed by atoms with Crippen LogP contribution in [-0.2, 0) is 0 Å².